The molecule has 4 heterocycles. The van der Waals surface area contributed by atoms with Gasteiger partial charge >= 0.3 is 0 Å². The molecule has 0 unspecified atom stereocenters. The minimum absolute atomic E-state index is 0. The van der Waals surface area contributed by atoms with Crippen LogP contribution >= 0.6 is 0 Å². The summed E-state index contributed by atoms with van der Waals surface area (Å²) in [5.41, 5.74) is 4.03. The van der Waals surface area contributed by atoms with E-state index in [4.69, 9.17) is 19.2 Å². The number of nitrogens with zero attached hydrogens (tertiary/aromatic N) is 5. The molecule has 0 spiro atoms. The molecule has 2 aliphatic rings. The number of morpholine rings is 1. The fourth-order valence-corrected chi connectivity index (χ4v) is 7.71. The summed E-state index contributed by atoms with van der Waals surface area (Å²) in [7, 11) is -2.52. The minimum Gasteiger partial charge on any atom is -0.475 e. The van der Waals surface area contributed by atoms with Crippen LogP contribution in [0.1, 0.15) is 55.8 Å². The summed E-state index contributed by atoms with van der Waals surface area (Å²) in [4.78, 5) is 32.6. The number of carbonyl (C=O) groups is 1. The molecule has 1 N–H and O–H groups in total. The van der Waals surface area contributed by atoms with Crippen LogP contribution in [-0.4, -0.2) is 86.3 Å². The van der Waals surface area contributed by atoms with Crippen molar-refractivity contribution in [2.45, 2.75) is 64.6 Å². The molecule has 51 heavy (non-hydrogen) atoms. The van der Waals surface area contributed by atoms with E-state index in [0.29, 0.717) is 44.2 Å². The number of aromatic nitrogens is 3. The van der Waals surface area contributed by atoms with Gasteiger partial charge < -0.3 is 24.0 Å². The summed E-state index contributed by atoms with van der Waals surface area (Å²) < 4.78 is 47.6. The lowest BCUT2D eigenvalue weighted by Gasteiger charge is -2.37. The first kappa shape index (κ1) is 36.2. The van der Waals surface area contributed by atoms with Gasteiger partial charge in [-0.3, -0.25) is 4.79 Å². The summed E-state index contributed by atoms with van der Waals surface area (Å²) in [5.74, 6) is 0.496. The Kier molecular flexibility index (Phi) is 10.6. The van der Waals surface area contributed by atoms with Crippen molar-refractivity contribution in [3.8, 4) is 17.1 Å². The first-order chi connectivity index (χ1) is 24.3. The van der Waals surface area contributed by atoms with E-state index in [9.17, 15) is 13.2 Å². The number of carbonyl (C=O) groups excluding carboxylic acids is 1. The molecule has 2 aliphatic heterocycles. The Morgan fingerprint density at radius 1 is 0.961 bits per heavy atom. The molecular formula is C38H48N6O6S. The van der Waals surface area contributed by atoms with Crippen LogP contribution in [-0.2, 0) is 26.0 Å². The van der Waals surface area contributed by atoms with Gasteiger partial charge in [-0.25, -0.2) is 23.1 Å². The number of nitrogens with one attached hydrogen (secondary N) is 1. The molecule has 2 aromatic carbocycles. The maximum atomic E-state index is 14.6. The Labute approximate surface area is 301 Å². The number of pyridine rings is 1. The van der Waals surface area contributed by atoms with Crippen molar-refractivity contribution in [1.29, 1.82) is 0 Å². The quantitative estimate of drug-likeness (QED) is 0.247. The second-order valence-corrected chi connectivity index (χ2v) is 16.0. The third kappa shape index (κ3) is 8.49. The molecule has 2 atom stereocenters. The van der Waals surface area contributed by atoms with E-state index in [1.807, 2.05) is 50.2 Å². The first-order valence-electron chi connectivity index (χ1n) is 17.1. The smallest absolute Gasteiger partial charge is 0.264 e. The van der Waals surface area contributed by atoms with Crippen molar-refractivity contribution in [3.05, 3.63) is 89.1 Å². The molecule has 2 aromatic heterocycles. The van der Waals surface area contributed by atoms with Gasteiger partial charge in [-0.2, -0.15) is 4.98 Å². The van der Waals surface area contributed by atoms with Crippen LogP contribution in [0.15, 0.2) is 71.6 Å². The van der Waals surface area contributed by atoms with E-state index in [0.717, 1.165) is 22.5 Å². The van der Waals surface area contributed by atoms with Gasteiger partial charge in [-0.1, -0.05) is 51.1 Å². The first-order valence-corrected chi connectivity index (χ1v) is 18.6. The monoisotopic (exact) mass is 716 g/mol. The molecule has 0 aliphatic carbocycles. The van der Waals surface area contributed by atoms with Gasteiger partial charge in [-0.05, 0) is 67.1 Å². The summed E-state index contributed by atoms with van der Waals surface area (Å²) in [6, 6.07) is 19.0. The van der Waals surface area contributed by atoms with Crippen molar-refractivity contribution in [1.82, 2.24) is 19.9 Å². The number of sulfonamides is 1. The van der Waals surface area contributed by atoms with E-state index in [-0.39, 0.29) is 54.2 Å². The molecule has 0 saturated carbocycles. The van der Waals surface area contributed by atoms with Crippen LogP contribution in [0, 0.1) is 19.3 Å². The second-order valence-electron chi connectivity index (χ2n) is 14.3. The van der Waals surface area contributed by atoms with E-state index in [1.54, 1.807) is 30.2 Å². The topological polar surface area (TPSA) is 136 Å². The second kappa shape index (κ2) is 14.9. The predicted molar refractivity (Wildman–Crippen MR) is 198 cm³/mol. The zero-order valence-corrected chi connectivity index (χ0v) is 30.9. The SMILES string of the molecule is COC[C@@H]1COCCN1c1cccc(CN2C(=O)c3cccc(c3)S(=O)(=O)Nc3nc(cc(-c4c(C)cccc4C)n3)OC[C@H]2CC(C)(C)C)n1.[HH]. The number of aryl methyl sites for hydroxylation is 2. The lowest BCUT2D eigenvalue weighted by atomic mass is 9.87. The number of hydrogen-bond donors (Lipinski definition) is 1. The third-order valence-electron chi connectivity index (χ3n) is 9.04. The highest BCUT2D eigenvalue weighted by molar-refractivity contribution is 7.92. The van der Waals surface area contributed by atoms with Crippen LogP contribution < -0.4 is 14.4 Å². The molecule has 0 radical (unpaired) electrons. The molecule has 13 heteroatoms. The molecule has 1 fully saturated rings. The van der Waals surface area contributed by atoms with Gasteiger partial charge in [0.15, 0.2) is 0 Å². The fraction of sp³-hybridized carbons (Fsp3) is 0.421. The number of hydrogen-bond acceptors (Lipinski definition) is 10. The van der Waals surface area contributed by atoms with Crippen LogP contribution in [0.3, 0.4) is 0 Å². The fourth-order valence-electron chi connectivity index (χ4n) is 6.72. The van der Waals surface area contributed by atoms with Crippen LogP contribution in [0.25, 0.3) is 11.3 Å². The average Bonchev–Trinajstić information content (AvgIpc) is 3.08. The Bertz CT molecular complexity index is 1980. The highest BCUT2D eigenvalue weighted by Gasteiger charge is 2.32. The van der Waals surface area contributed by atoms with Crippen molar-refractivity contribution in [3.63, 3.8) is 0 Å². The number of methoxy groups -OCH3 is 1. The number of benzene rings is 2. The number of fused-ring (bicyclic) bond motifs is 4. The molecule has 4 aromatic rings. The molecule has 12 nitrogen and oxygen atoms in total. The van der Waals surface area contributed by atoms with Crippen molar-refractivity contribution in [2.75, 3.05) is 49.7 Å². The van der Waals surface area contributed by atoms with E-state index in [1.165, 1.54) is 12.1 Å². The molecule has 4 bridgehead atoms. The lowest BCUT2D eigenvalue weighted by Crippen LogP contribution is -2.48. The highest BCUT2D eigenvalue weighted by atomic mass is 32.2. The van der Waals surface area contributed by atoms with Gasteiger partial charge in [0, 0.05) is 32.3 Å². The number of ether oxygens (including phenoxy) is 3. The number of amides is 1. The number of anilines is 2. The minimum atomic E-state index is -4.19. The van der Waals surface area contributed by atoms with Gasteiger partial charge in [0.05, 0.1) is 54.7 Å². The largest absolute Gasteiger partial charge is 0.475 e. The lowest BCUT2D eigenvalue weighted by molar-refractivity contribution is 0.0508. The van der Waals surface area contributed by atoms with E-state index in [2.05, 4.69) is 40.4 Å². The zero-order chi connectivity index (χ0) is 36.3. The molecule has 1 amide bonds. The van der Waals surface area contributed by atoms with Crippen molar-refractivity contribution >= 4 is 27.7 Å². The van der Waals surface area contributed by atoms with Crippen LogP contribution in [0.4, 0.5) is 11.8 Å². The Balaban J connectivity index is 0.00000523. The van der Waals surface area contributed by atoms with E-state index >= 15 is 0 Å². The number of rotatable bonds is 7. The maximum absolute atomic E-state index is 14.6. The Morgan fingerprint density at radius 2 is 1.71 bits per heavy atom. The molecule has 6 rings (SSSR count). The molecule has 1 saturated heterocycles. The Morgan fingerprint density at radius 3 is 2.45 bits per heavy atom. The highest BCUT2D eigenvalue weighted by Crippen LogP contribution is 2.32. The summed E-state index contributed by atoms with van der Waals surface area (Å²) in [5, 5.41) is 0. The predicted octanol–water partition coefficient (Wildman–Crippen LogP) is 5.89. The summed E-state index contributed by atoms with van der Waals surface area (Å²) >= 11 is 0. The standard InChI is InChI=1S/C38H46N6O6S.H2/c1-25-10-7-11-26(2)35(25)32-19-34-41-37(40-32)42-51(46,47)31-14-8-12-27(18-31)36(45)44(29(24-50-34)20-38(3,4)5)21-28-13-9-15-33(39-28)43-16-17-49-23-30(43)22-48-6;/h7-15,18-19,29-30H,16-17,20-24H2,1-6H3,(H,40,41,42);1H/t29-,30-;/m1./s1. The average molecular weight is 717 g/mol. The van der Waals surface area contributed by atoms with Crippen LogP contribution in [0.2, 0.25) is 0 Å². The Hall–Kier alpha value is -4.59. The normalized spacial score (nSPS) is 19.3. The van der Waals surface area contributed by atoms with Gasteiger partial charge in [0.25, 0.3) is 15.9 Å². The maximum Gasteiger partial charge on any atom is 0.264 e. The third-order valence-corrected chi connectivity index (χ3v) is 10.4. The zero-order valence-electron chi connectivity index (χ0n) is 30.0. The summed E-state index contributed by atoms with van der Waals surface area (Å²) in [6.07, 6.45) is 0.579. The van der Waals surface area contributed by atoms with Crippen LogP contribution in [0.5, 0.6) is 5.88 Å². The molecule has 272 valence electrons. The molecular weight excluding hydrogens is 669 g/mol. The van der Waals surface area contributed by atoms with Gasteiger partial charge in [0.1, 0.15) is 12.4 Å². The van der Waals surface area contributed by atoms with E-state index < -0.39 is 16.1 Å². The van der Waals surface area contributed by atoms with Crippen molar-refractivity contribution in [2.24, 2.45) is 5.41 Å². The summed E-state index contributed by atoms with van der Waals surface area (Å²) in [6.45, 7) is 12.8. The van der Waals surface area contributed by atoms with Crippen molar-refractivity contribution < 1.29 is 28.8 Å². The van der Waals surface area contributed by atoms with Gasteiger partial charge in [0.2, 0.25) is 11.8 Å². The van der Waals surface area contributed by atoms with Gasteiger partial charge in [-0.15, -0.1) is 0 Å².